The van der Waals surface area contributed by atoms with Gasteiger partial charge in [-0.2, -0.15) is 0 Å². The predicted octanol–water partition coefficient (Wildman–Crippen LogP) is 2.89. The third kappa shape index (κ3) is 3.76. The van der Waals surface area contributed by atoms with Crippen LogP contribution in [0.1, 0.15) is 43.9 Å². The minimum Gasteiger partial charge on any atom is -0.493 e. The molecule has 1 aromatic rings. The Kier molecular flexibility index (Phi) is 5.79. The van der Waals surface area contributed by atoms with Gasteiger partial charge in [-0.15, -0.1) is 0 Å². The van der Waals surface area contributed by atoms with Gasteiger partial charge < -0.3 is 19.7 Å². The van der Waals surface area contributed by atoms with E-state index >= 15 is 0 Å². The Morgan fingerprint density at radius 1 is 1.24 bits per heavy atom. The molecular weight excluding hydrogens is 272 g/mol. The van der Waals surface area contributed by atoms with Gasteiger partial charge in [0.2, 0.25) is 0 Å². The number of rotatable bonds is 6. The first-order valence-electron chi connectivity index (χ1n) is 6.67. The van der Waals surface area contributed by atoms with Crippen LogP contribution in [0, 0.1) is 0 Å². The number of carboxylic acids is 1. The number of benzene rings is 1. The molecule has 0 saturated carbocycles. The van der Waals surface area contributed by atoms with E-state index in [9.17, 15) is 9.90 Å². The summed E-state index contributed by atoms with van der Waals surface area (Å²) < 4.78 is 10.7. The molecule has 0 heterocycles. The van der Waals surface area contributed by atoms with E-state index in [1.165, 1.54) is 0 Å². The molecule has 0 spiro atoms. The van der Waals surface area contributed by atoms with Crippen molar-refractivity contribution in [2.75, 3.05) is 14.2 Å². The van der Waals surface area contributed by atoms with Gasteiger partial charge in [-0.1, -0.05) is 19.9 Å². The normalized spacial score (nSPS) is 13.2. The monoisotopic (exact) mass is 294 g/mol. The van der Waals surface area contributed by atoms with Gasteiger partial charge >= 0.3 is 5.97 Å². The van der Waals surface area contributed by atoms with Crippen LogP contribution in [0.4, 0.5) is 0 Å². The van der Waals surface area contributed by atoms with Crippen molar-refractivity contribution < 1.29 is 24.5 Å². The second-order valence-corrected chi connectivity index (χ2v) is 5.09. The molecule has 21 heavy (non-hydrogen) atoms. The quantitative estimate of drug-likeness (QED) is 0.789. The highest BCUT2D eigenvalue weighted by atomic mass is 16.5. The lowest BCUT2D eigenvalue weighted by atomic mass is 9.90. The smallest absolute Gasteiger partial charge is 0.328 e. The molecule has 5 nitrogen and oxygen atoms in total. The lowest BCUT2D eigenvalue weighted by Crippen LogP contribution is -2.09. The summed E-state index contributed by atoms with van der Waals surface area (Å²) in [4.78, 5) is 10.8. The number of aliphatic hydroxyl groups excluding tert-OH is 1. The first kappa shape index (κ1) is 17.0. The Labute approximate surface area is 124 Å². The molecular formula is C16H22O5. The summed E-state index contributed by atoms with van der Waals surface area (Å²) in [6.45, 7) is 5.53. The lowest BCUT2D eigenvalue weighted by molar-refractivity contribution is -0.131. The Hall–Kier alpha value is -2.01. The Morgan fingerprint density at radius 3 is 2.29 bits per heavy atom. The molecule has 1 aromatic carbocycles. The van der Waals surface area contributed by atoms with Gasteiger partial charge in [-0.3, -0.25) is 0 Å². The molecule has 1 unspecified atom stereocenters. The fourth-order valence-electron chi connectivity index (χ4n) is 2.32. The van der Waals surface area contributed by atoms with E-state index in [1.54, 1.807) is 33.3 Å². The van der Waals surface area contributed by atoms with E-state index < -0.39 is 12.1 Å². The number of carboxylic acid groups (broad SMARTS) is 1. The summed E-state index contributed by atoms with van der Waals surface area (Å²) >= 11 is 0. The number of aliphatic hydroxyl groups is 1. The molecule has 0 aliphatic carbocycles. The van der Waals surface area contributed by atoms with E-state index in [0.717, 1.165) is 11.6 Å². The fraction of sp³-hybridized carbons (Fsp3) is 0.438. The molecule has 0 saturated heterocycles. The van der Waals surface area contributed by atoms with Crippen molar-refractivity contribution in [1.82, 2.24) is 0 Å². The van der Waals surface area contributed by atoms with E-state index in [1.807, 2.05) is 13.8 Å². The molecule has 2 N–H and O–H groups in total. The highest BCUT2D eigenvalue weighted by Gasteiger charge is 2.23. The Bertz CT molecular complexity index is 546. The van der Waals surface area contributed by atoms with Crippen molar-refractivity contribution in [2.24, 2.45) is 0 Å². The molecule has 0 bridgehead atoms. The summed E-state index contributed by atoms with van der Waals surface area (Å²) in [7, 11) is 3.09. The lowest BCUT2D eigenvalue weighted by Gasteiger charge is -2.22. The number of aliphatic carboxylic acids is 1. The van der Waals surface area contributed by atoms with E-state index in [4.69, 9.17) is 14.6 Å². The summed E-state index contributed by atoms with van der Waals surface area (Å²) in [5.74, 6) is 0.139. The molecule has 0 aliphatic rings. The van der Waals surface area contributed by atoms with Crippen molar-refractivity contribution in [3.63, 3.8) is 0 Å². The van der Waals surface area contributed by atoms with Crippen molar-refractivity contribution in [1.29, 1.82) is 0 Å². The predicted molar refractivity (Wildman–Crippen MR) is 80.0 cm³/mol. The minimum absolute atomic E-state index is 0.0809. The summed E-state index contributed by atoms with van der Waals surface area (Å²) in [6.07, 6.45) is 0.00387. The van der Waals surface area contributed by atoms with Crippen LogP contribution in [0.25, 0.3) is 0 Å². The average Bonchev–Trinajstić information content (AvgIpc) is 2.43. The molecule has 0 radical (unpaired) electrons. The van der Waals surface area contributed by atoms with Crippen LogP contribution in [-0.2, 0) is 4.79 Å². The Balaban J connectivity index is 3.46. The van der Waals surface area contributed by atoms with Gasteiger partial charge in [0.1, 0.15) is 6.10 Å². The zero-order valence-corrected chi connectivity index (χ0v) is 13.0. The molecule has 0 aromatic heterocycles. The third-order valence-corrected chi connectivity index (χ3v) is 3.27. The van der Waals surface area contributed by atoms with Crippen LogP contribution in [0.2, 0.25) is 0 Å². The van der Waals surface area contributed by atoms with Crippen LogP contribution >= 0.6 is 0 Å². The maximum Gasteiger partial charge on any atom is 0.328 e. The first-order chi connectivity index (χ1) is 9.83. The van der Waals surface area contributed by atoms with Gasteiger partial charge in [-0.25, -0.2) is 4.79 Å². The first-order valence-corrected chi connectivity index (χ1v) is 6.67. The second-order valence-electron chi connectivity index (χ2n) is 5.09. The fourth-order valence-corrected chi connectivity index (χ4v) is 2.32. The number of ether oxygens (including phenoxy) is 2. The SMILES string of the molecule is COc1ccc(C(O)/C(C)=C/C(=O)O)c(C(C)C)c1OC. The van der Waals surface area contributed by atoms with Gasteiger partial charge in [0.25, 0.3) is 0 Å². The number of methoxy groups -OCH3 is 2. The van der Waals surface area contributed by atoms with Gasteiger partial charge in [0.15, 0.2) is 11.5 Å². The van der Waals surface area contributed by atoms with Crippen LogP contribution in [-0.4, -0.2) is 30.4 Å². The molecule has 5 heteroatoms. The second kappa shape index (κ2) is 7.13. The summed E-state index contributed by atoms with van der Waals surface area (Å²) in [5, 5.41) is 19.2. The van der Waals surface area contributed by atoms with Crippen LogP contribution in [0.15, 0.2) is 23.8 Å². The van der Waals surface area contributed by atoms with Gasteiger partial charge in [0.05, 0.1) is 14.2 Å². The molecule has 1 atom stereocenters. The average molecular weight is 294 g/mol. The Morgan fingerprint density at radius 2 is 1.86 bits per heavy atom. The topological polar surface area (TPSA) is 76.0 Å². The molecule has 0 fully saturated rings. The van der Waals surface area contributed by atoms with Crippen LogP contribution < -0.4 is 9.47 Å². The van der Waals surface area contributed by atoms with E-state index in [2.05, 4.69) is 0 Å². The summed E-state index contributed by atoms with van der Waals surface area (Å²) in [5.41, 5.74) is 1.79. The standard InChI is InChI=1S/C16H22O5/c1-9(2)14-11(15(19)10(3)8-13(17)18)6-7-12(20-4)16(14)21-5/h6-9,15,19H,1-5H3,(H,17,18)/b10-8+. The number of carbonyl (C=O) groups is 1. The zero-order valence-electron chi connectivity index (χ0n) is 13.0. The van der Waals surface area contributed by atoms with Crippen LogP contribution in [0.3, 0.4) is 0 Å². The van der Waals surface area contributed by atoms with E-state index in [-0.39, 0.29) is 5.92 Å². The molecule has 0 amide bonds. The number of hydrogen-bond donors (Lipinski definition) is 2. The van der Waals surface area contributed by atoms with E-state index in [0.29, 0.717) is 22.6 Å². The third-order valence-electron chi connectivity index (χ3n) is 3.27. The van der Waals surface area contributed by atoms with Crippen molar-refractivity contribution >= 4 is 5.97 Å². The summed E-state index contributed by atoms with van der Waals surface area (Å²) in [6, 6.07) is 3.44. The van der Waals surface area contributed by atoms with Crippen molar-refractivity contribution in [3.8, 4) is 11.5 Å². The highest BCUT2D eigenvalue weighted by Crippen LogP contribution is 2.41. The molecule has 116 valence electrons. The maximum atomic E-state index is 10.8. The van der Waals surface area contributed by atoms with Gasteiger partial charge in [-0.05, 0) is 30.0 Å². The van der Waals surface area contributed by atoms with Crippen molar-refractivity contribution in [2.45, 2.75) is 32.8 Å². The van der Waals surface area contributed by atoms with Crippen molar-refractivity contribution in [3.05, 3.63) is 34.9 Å². The molecule has 0 aliphatic heterocycles. The zero-order chi connectivity index (χ0) is 16.2. The van der Waals surface area contributed by atoms with Gasteiger partial charge in [0, 0.05) is 11.6 Å². The largest absolute Gasteiger partial charge is 0.493 e. The van der Waals surface area contributed by atoms with Crippen LogP contribution in [0.5, 0.6) is 11.5 Å². The number of hydrogen-bond acceptors (Lipinski definition) is 4. The minimum atomic E-state index is -1.09. The maximum absolute atomic E-state index is 10.8. The highest BCUT2D eigenvalue weighted by molar-refractivity contribution is 5.80. The molecule has 1 rings (SSSR count).